The number of hydrogen-bond donors (Lipinski definition) is 1. The molecule has 0 spiro atoms. The highest BCUT2D eigenvalue weighted by molar-refractivity contribution is 5.86. The molecule has 1 aromatic heterocycles. The first-order valence-corrected chi connectivity index (χ1v) is 6.30. The van der Waals surface area contributed by atoms with E-state index in [1.807, 2.05) is 11.8 Å². The zero-order valence-electron chi connectivity index (χ0n) is 11.1. The number of rotatable bonds is 3. The van der Waals surface area contributed by atoms with Crippen LogP contribution < -0.4 is 5.32 Å². The molecule has 1 N–H and O–H groups in total. The Morgan fingerprint density at radius 2 is 2.32 bits per heavy atom. The molecule has 1 aromatic rings. The van der Waals surface area contributed by atoms with Gasteiger partial charge in [-0.2, -0.15) is 0 Å². The lowest BCUT2D eigenvalue weighted by Gasteiger charge is -2.24. The molecule has 1 fully saturated rings. The van der Waals surface area contributed by atoms with Gasteiger partial charge >= 0.3 is 5.97 Å². The zero-order valence-corrected chi connectivity index (χ0v) is 11.1. The van der Waals surface area contributed by atoms with Crippen molar-refractivity contribution in [2.45, 2.75) is 19.4 Å². The maximum atomic E-state index is 11.5. The molecule has 1 unspecified atom stereocenters. The Bertz CT molecular complexity index is 469. The lowest BCUT2D eigenvalue weighted by Crippen LogP contribution is -2.34. The summed E-state index contributed by atoms with van der Waals surface area (Å²) in [6.07, 6.45) is 0.903. The van der Waals surface area contributed by atoms with E-state index < -0.39 is 5.97 Å². The van der Waals surface area contributed by atoms with Crippen LogP contribution in [0.4, 0.5) is 0 Å². The third-order valence-corrected chi connectivity index (χ3v) is 3.26. The summed E-state index contributed by atoms with van der Waals surface area (Å²) in [7, 11) is 1.31. The van der Waals surface area contributed by atoms with E-state index >= 15 is 0 Å². The molecule has 0 radical (unpaired) electrons. The molecule has 19 heavy (non-hydrogen) atoms. The molecule has 1 atom stereocenters. The molecular formula is C13H18N2O4. The number of methoxy groups -OCH3 is 1. The molecule has 1 saturated heterocycles. The first-order chi connectivity index (χ1) is 9.11. The highest BCUT2D eigenvalue weighted by atomic mass is 16.5. The molecule has 0 saturated carbocycles. The van der Waals surface area contributed by atoms with Crippen LogP contribution in [0.1, 0.15) is 35.7 Å². The standard InChI is InChI=1S/C13H18N2O4/c1-9(15-7-3-6-14-12(16)8-15)10-4-5-11(19-10)13(17)18-2/h4-5,9H,3,6-8H2,1-2H3,(H,14,16). The van der Waals surface area contributed by atoms with Gasteiger partial charge in [-0.1, -0.05) is 0 Å². The van der Waals surface area contributed by atoms with Crippen LogP contribution in [0.25, 0.3) is 0 Å². The van der Waals surface area contributed by atoms with Crippen LogP contribution in [0.5, 0.6) is 0 Å². The third-order valence-electron chi connectivity index (χ3n) is 3.26. The van der Waals surface area contributed by atoms with Gasteiger partial charge in [0.05, 0.1) is 19.7 Å². The molecule has 0 aromatic carbocycles. The first kappa shape index (κ1) is 13.6. The summed E-state index contributed by atoms with van der Waals surface area (Å²) in [5.74, 6) is 0.370. The van der Waals surface area contributed by atoms with Crippen molar-refractivity contribution in [3.8, 4) is 0 Å². The number of carbonyl (C=O) groups excluding carboxylic acids is 2. The van der Waals surface area contributed by atoms with Gasteiger partial charge in [-0.05, 0) is 25.5 Å². The summed E-state index contributed by atoms with van der Waals surface area (Å²) in [6, 6.07) is 3.29. The van der Waals surface area contributed by atoms with E-state index in [9.17, 15) is 9.59 Å². The molecule has 1 aliphatic rings. The van der Waals surface area contributed by atoms with Gasteiger partial charge in [0.15, 0.2) is 0 Å². The Hall–Kier alpha value is -1.82. The molecule has 6 nitrogen and oxygen atoms in total. The van der Waals surface area contributed by atoms with Crippen LogP contribution in [0.2, 0.25) is 0 Å². The quantitative estimate of drug-likeness (QED) is 0.825. The van der Waals surface area contributed by atoms with Gasteiger partial charge in [0.2, 0.25) is 11.7 Å². The number of esters is 1. The van der Waals surface area contributed by atoms with Gasteiger partial charge in [0.1, 0.15) is 5.76 Å². The second-order valence-corrected chi connectivity index (χ2v) is 4.54. The monoisotopic (exact) mass is 266 g/mol. The molecule has 0 bridgehead atoms. The van der Waals surface area contributed by atoms with Gasteiger partial charge in [-0.15, -0.1) is 0 Å². The fourth-order valence-corrected chi connectivity index (χ4v) is 2.13. The van der Waals surface area contributed by atoms with E-state index in [-0.39, 0.29) is 17.7 Å². The lowest BCUT2D eigenvalue weighted by atomic mass is 10.2. The van der Waals surface area contributed by atoms with Crippen molar-refractivity contribution >= 4 is 11.9 Å². The van der Waals surface area contributed by atoms with Gasteiger partial charge in [0.25, 0.3) is 0 Å². The van der Waals surface area contributed by atoms with Crippen molar-refractivity contribution in [1.29, 1.82) is 0 Å². The summed E-state index contributed by atoms with van der Waals surface area (Å²) in [5, 5.41) is 2.83. The van der Waals surface area contributed by atoms with Gasteiger partial charge in [-0.3, -0.25) is 9.69 Å². The summed E-state index contributed by atoms with van der Waals surface area (Å²) >= 11 is 0. The Labute approximate surface area is 111 Å². The van der Waals surface area contributed by atoms with Crippen molar-refractivity contribution < 1.29 is 18.7 Å². The molecule has 0 aliphatic carbocycles. The highest BCUT2D eigenvalue weighted by Crippen LogP contribution is 2.23. The predicted octanol–water partition coefficient (Wildman–Crippen LogP) is 0.949. The fraction of sp³-hybridized carbons (Fsp3) is 0.538. The minimum Gasteiger partial charge on any atom is -0.463 e. The summed E-state index contributed by atoms with van der Waals surface area (Å²) in [4.78, 5) is 24.9. The highest BCUT2D eigenvalue weighted by Gasteiger charge is 2.24. The normalized spacial score (nSPS) is 18.5. The molecule has 1 aliphatic heterocycles. The number of hydrogen-bond acceptors (Lipinski definition) is 5. The molecular weight excluding hydrogens is 248 g/mol. The number of carbonyl (C=O) groups is 2. The number of nitrogens with zero attached hydrogens (tertiary/aromatic N) is 1. The minimum atomic E-state index is -0.493. The number of ether oxygens (including phenoxy) is 1. The molecule has 2 rings (SSSR count). The van der Waals surface area contributed by atoms with Crippen molar-refractivity contribution in [3.05, 3.63) is 23.7 Å². The minimum absolute atomic E-state index is 0.0177. The Morgan fingerprint density at radius 3 is 3.05 bits per heavy atom. The summed E-state index contributed by atoms with van der Waals surface area (Å²) < 4.78 is 10.1. The van der Waals surface area contributed by atoms with E-state index in [0.717, 1.165) is 13.0 Å². The summed E-state index contributed by atoms with van der Waals surface area (Å²) in [6.45, 7) is 3.82. The Kier molecular flexibility index (Phi) is 4.21. The van der Waals surface area contributed by atoms with E-state index in [0.29, 0.717) is 18.8 Å². The number of nitrogens with one attached hydrogen (secondary N) is 1. The molecule has 104 valence electrons. The largest absolute Gasteiger partial charge is 0.463 e. The molecule has 6 heteroatoms. The SMILES string of the molecule is COC(=O)c1ccc(C(C)N2CCCNC(=O)C2)o1. The average molecular weight is 266 g/mol. The van der Waals surface area contributed by atoms with Gasteiger partial charge < -0.3 is 14.5 Å². The van der Waals surface area contributed by atoms with Gasteiger partial charge in [0, 0.05) is 13.1 Å². The topological polar surface area (TPSA) is 71.8 Å². The zero-order chi connectivity index (χ0) is 13.8. The van der Waals surface area contributed by atoms with Crippen molar-refractivity contribution in [1.82, 2.24) is 10.2 Å². The molecule has 2 heterocycles. The fourth-order valence-electron chi connectivity index (χ4n) is 2.13. The van der Waals surface area contributed by atoms with Crippen molar-refractivity contribution in [2.75, 3.05) is 26.7 Å². The Balaban J connectivity index is 2.09. The van der Waals surface area contributed by atoms with E-state index in [1.54, 1.807) is 12.1 Å². The summed E-state index contributed by atoms with van der Waals surface area (Å²) in [5.41, 5.74) is 0. The first-order valence-electron chi connectivity index (χ1n) is 6.30. The lowest BCUT2D eigenvalue weighted by molar-refractivity contribution is -0.121. The van der Waals surface area contributed by atoms with Crippen LogP contribution in [0.3, 0.4) is 0 Å². The second kappa shape index (κ2) is 5.88. The molecule has 1 amide bonds. The smallest absolute Gasteiger partial charge is 0.373 e. The number of amides is 1. The van der Waals surface area contributed by atoms with Crippen LogP contribution >= 0.6 is 0 Å². The van der Waals surface area contributed by atoms with Crippen LogP contribution in [-0.2, 0) is 9.53 Å². The van der Waals surface area contributed by atoms with E-state index in [4.69, 9.17) is 4.42 Å². The Morgan fingerprint density at radius 1 is 1.53 bits per heavy atom. The van der Waals surface area contributed by atoms with Crippen molar-refractivity contribution in [3.63, 3.8) is 0 Å². The van der Waals surface area contributed by atoms with Gasteiger partial charge in [-0.25, -0.2) is 4.79 Å². The van der Waals surface area contributed by atoms with Crippen LogP contribution in [0.15, 0.2) is 16.5 Å². The van der Waals surface area contributed by atoms with Crippen LogP contribution in [-0.4, -0.2) is 43.5 Å². The third kappa shape index (κ3) is 3.14. The van der Waals surface area contributed by atoms with Crippen molar-refractivity contribution in [2.24, 2.45) is 0 Å². The maximum Gasteiger partial charge on any atom is 0.373 e. The number of furan rings is 1. The van der Waals surface area contributed by atoms with Crippen LogP contribution in [0, 0.1) is 0 Å². The van der Waals surface area contributed by atoms with E-state index in [1.165, 1.54) is 7.11 Å². The maximum absolute atomic E-state index is 11.5. The van der Waals surface area contributed by atoms with E-state index in [2.05, 4.69) is 10.1 Å². The second-order valence-electron chi connectivity index (χ2n) is 4.54. The predicted molar refractivity (Wildman–Crippen MR) is 67.7 cm³/mol. The average Bonchev–Trinajstić information content (AvgIpc) is 2.80.